The third-order valence-electron chi connectivity index (χ3n) is 3.51. The van der Waals surface area contributed by atoms with Gasteiger partial charge in [-0.3, -0.25) is 10.4 Å². The molecule has 1 aliphatic heterocycles. The number of hydrogen-bond acceptors (Lipinski definition) is 3. The summed E-state index contributed by atoms with van der Waals surface area (Å²) >= 11 is 0. The van der Waals surface area contributed by atoms with Crippen LogP contribution in [0.5, 0.6) is 0 Å². The highest BCUT2D eigenvalue weighted by Crippen LogP contribution is 2.18. The zero-order valence-electron chi connectivity index (χ0n) is 12.1. The Morgan fingerprint density at radius 2 is 2.28 bits per heavy atom. The van der Waals surface area contributed by atoms with Gasteiger partial charge in [-0.2, -0.15) is 0 Å². The summed E-state index contributed by atoms with van der Waals surface area (Å²) < 4.78 is 0. The molecule has 1 heterocycles. The molecule has 0 aliphatic carbocycles. The normalized spacial score (nSPS) is 21.6. The van der Waals surface area contributed by atoms with Crippen LogP contribution >= 0.6 is 0 Å². The largest absolute Gasteiger partial charge is 0.355 e. The van der Waals surface area contributed by atoms with Gasteiger partial charge in [-0.1, -0.05) is 13.3 Å². The minimum Gasteiger partial charge on any atom is -0.355 e. The summed E-state index contributed by atoms with van der Waals surface area (Å²) in [5.74, 6) is 6.86. The monoisotopic (exact) mass is 255 g/mol. The second-order valence-corrected chi connectivity index (χ2v) is 5.36. The third-order valence-corrected chi connectivity index (χ3v) is 3.51. The fourth-order valence-electron chi connectivity index (χ4n) is 2.24. The summed E-state index contributed by atoms with van der Waals surface area (Å²) in [6, 6.07) is 0.647. The van der Waals surface area contributed by atoms with Crippen LogP contribution in [0.15, 0.2) is 4.99 Å². The minimum absolute atomic E-state index is 0.647. The molecular weight excluding hydrogens is 226 g/mol. The highest BCUT2D eigenvalue weighted by molar-refractivity contribution is 5.79. The maximum atomic E-state index is 5.46. The Labute approximate surface area is 111 Å². The van der Waals surface area contributed by atoms with Crippen LogP contribution in [0.4, 0.5) is 0 Å². The van der Waals surface area contributed by atoms with Gasteiger partial charge in [-0.15, -0.1) is 0 Å². The van der Waals surface area contributed by atoms with Gasteiger partial charge in [0, 0.05) is 25.7 Å². The van der Waals surface area contributed by atoms with Crippen molar-refractivity contribution in [2.24, 2.45) is 16.8 Å². The van der Waals surface area contributed by atoms with Crippen LogP contribution in [-0.4, -0.2) is 43.1 Å². The average Bonchev–Trinajstić information content (AvgIpc) is 2.82. The van der Waals surface area contributed by atoms with Crippen LogP contribution < -0.4 is 16.6 Å². The zero-order chi connectivity index (χ0) is 13.4. The first-order valence-corrected chi connectivity index (χ1v) is 7.16. The lowest BCUT2D eigenvalue weighted by Gasteiger charge is -2.19. The quantitative estimate of drug-likeness (QED) is 0.217. The Hall–Kier alpha value is -0.810. The van der Waals surface area contributed by atoms with E-state index >= 15 is 0 Å². The van der Waals surface area contributed by atoms with Crippen molar-refractivity contribution in [3.8, 4) is 0 Å². The number of rotatable bonds is 6. The standard InChI is InChI=1S/C13H29N5/c1-4-5-7-15-13(17-14)16-9-12-6-8-18(10-12)11(2)3/h11-12H,4-10,14H2,1-3H3,(H2,15,16,17). The highest BCUT2D eigenvalue weighted by Gasteiger charge is 2.23. The van der Waals surface area contributed by atoms with Crippen molar-refractivity contribution in [2.45, 2.75) is 46.1 Å². The van der Waals surface area contributed by atoms with Gasteiger partial charge >= 0.3 is 0 Å². The van der Waals surface area contributed by atoms with Crippen molar-refractivity contribution in [1.29, 1.82) is 0 Å². The first-order chi connectivity index (χ1) is 8.67. The summed E-state index contributed by atoms with van der Waals surface area (Å²) in [7, 11) is 0. The van der Waals surface area contributed by atoms with E-state index in [1.807, 2.05) is 0 Å². The number of likely N-dealkylation sites (tertiary alicyclic amines) is 1. The molecule has 1 saturated heterocycles. The van der Waals surface area contributed by atoms with E-state index in [0.717, 1.165) is 32.0 Å². The van der Waals surface area contributed by atoms with Crippen molar-refractivity contribution >= 4 is 5.96 Å². The lowest BCUT2D eigenvalue weighted by atomic mass is 10.1. The van der Waals surface area contributed by atoms with Crippen molar-refractivity contribution in [3.05, 3.63) is 0 Å². The average molecular weight is 255 g/mol. The molecule has 0 amide bonds. The van der Waals surface area contributed by atoms with Gasteiger partial charge in [0.25, 0.3) is 0 Å². The smallest absolute Gasteiger partial charge is 0.205 e. The van der Waals surface area contributed by atoms with E-state index in [-0.39, 0.29) is 0 Å². The first-order valence-electron chi connectivity index (χ1n) is 7.16. The molecule has 0 radical (unpaired) electrons. The van der Waals surface area contributed by atoms with Crippen molar-refractivity contribution in [1.82, 2.24) is 15.6 Å². The van der Waals surface area contributed by atoms with Gasteiger partial charge in [0.2, 0.25) is 5.96 Å². The Kier molecular flexibility index (Phi) is 7.05. The molecule has 4 N–H and O–H groups in total. The number of unbranched alkanes of at least 4 members (excludes halogenated alkanes) is 1. The number of nitrogens with one attached hydrogen (secondary N) is 2. The Balaban J connectivity index is 2.28. The molecule has 5 nitrogen and oxygen atoms in total. The number of hydrazine groups is 1. The second kappa shape index (κ2) is 8.32. The number of aliphatic imine (C=N–C) groups is 1. The van der Waals surface area contributed by atoms with Crippen LogP contribution in [0.3, 0.4) is 0 Å². The van der Waals surface area contributed by atoms with E-state index in [1.165, 1.54) is 19.4 Å². The molecule has 5 heteroatoms. The number of nitrogens with two attached hydrogens (primary N) is 1. The summed E-state index contributed by atoms with van der Waals surface area (Å²) in [4.78, 5) is 7.05. The van der Waals surface area contributed by atoms with Crippen molar-refractivity contribution < 1.29 is 0 Å². The SMILES string of the molecule is CCCCNC(=NCC1CCN(C(C)C)C1)NN. The molecule has 0 bridgehead atoms. The molecule has 18 heavy (non-hydrogen) atoms. The number of nitrogens with zero attached hydrogens (tertiary/aromatic N) is 2. The number of hydrogen-bond donors (Lipinski definition) is 3. The predicted octanol–water partition coefficient (Wildman–Crippen LogP) is 0.926. The molecule has 1 fully saturated rings. The summed E-state index contributed by atoms with van der Waals surface area (Å²) in [6.45, 7) is 10.8. The molecule has 1 rings (SSSR count). The van der Waals surface area contributed by atoms with Crippen LogP contribution in [0.25, 0.3) is 0 Å². The molecule has 0 aromatic heterocycles. The number of guanidine groups is 1. The van der Waals surface area contributed by atoms with E-state index in [2.05, 4.69) is 41.4 Å². The van der Waals surface area contributed by atoms with Crippen molar-refractivity contribution in [3.63, 3.8) is 0 Å². The van der Waals surface area contributed by atoms with E-state index in [4.69, 9.17) is 5.84 Å². The zero-order valence-corrected chi connectivity index (χ0v) is 12.1. The van der Waals surface area contributed by atoms with E-state index < -0.39 is 0 Å². The Morgan fingerprint density at radius 1 is 1.50 bits per heavy atom. The molecular formula is C13H29N5. The molecule has 0 spiro atoms. The van der Waals surface area contributed by atoms with Gasteiger partial charge in [0.1, 0.15) is 0 Å². The fraction of sp³-hybridized carbons (Fsp3) is 0.923. The van der Waals surface area contributed by atoms with E-state index in [1.54, 1.807) is 0 Å². The molecule has 106 valence electrons. The minimum atomic E-state index is 0.647. The van der Waals surface area contributed by atoms with Crippen molar-refractivity contribution in [2.75, 3.05) is 26.2 Å². The molecule has 1 atom stereocenters. The molecule has 0 saturated carbocycles. The van der Waals surface area contributed by atoms with Crippen LogP contribution in [0.1, 0.15) is 40.0 Å². The highest BCUT2D eigenvalue weighted by atomic mass is 15.3. The first kappa shape index (κ1) is 15.2. The Bertz CT molecular complexity index is 252. The fourth-order valence-corrected chi connectivity index (χ4v) is 2.24. The second-order valence-electron chi connectivity index (χ2n) is 5.36. The maximum absolute atomic E-state index is 5.46. The van der Waals surface area contributed by atoms with Gasteiger partial charge < -0.3 is 10.2 Å². The lowest BCUT2D eigenvalue weighted by Crippen LogP contribution is -2.42. The molecule has 0 aromatic rings. The lowest BCUT2D eigenvalue weighted by molar-refractivity contribution is 0.266. The van der Waals surface area contributed by atoms with Crippen LogP contribution in [-0.2, 0) is 0 Å². The van der Waals surface area contributed by atoms with Gasteiger partial charge in [0.05, 0.1) is 0 Å². The topological polar surface area (TPSA) is 65.7 Å². The van der Waals surface area contributed by atoms with E-state index in [9.17, 15) is 0 Å². The molecule has 1 aliphatic rings. The summed E-state index contributed by atoms with van der Waals surface area (Å²) in [6.07, 6.45) is 3.57. The van der Waals surface area contributed by atoms with Gasteiger partial charge in [-0.25, -0.2) is 5.84 Å². The summed E-state index contributed by atoms with van der Waals surface area (Å²) in [5.41, 5.74) is 2.64. The van der Waals surface area contributed by atoms with Gasteiger partial charge in [0.15, 0.2) is 0 Å². The van der Waals surface area contributed by atoms with Crippen LogP contribution in [0.2, 0.25) is 0 Å². The molecule has 0 aromatic carbocycles. The summed E-state index contributed by atoms with van der Waals surface area (Å²) in [5, 5.41) is 3.23. The maximum Gasteiger partial charge on any atom is 0.205 e. The van der Waals surface area contributed by atoms with Crippen LogP contribution in [0, 0.1) is 5.92 Å². The third kappa shape index (κ3) is 5.23. The Morgan fingerprint density at radius 3 is 2.83 bits per heavy atom. The van der Waals surface area contributed by atoms with E-state index in [0.29, 0.717) is 12.0 Å². The predicted molar refractivity (Wildman–Crippen MR) is 77.4 cm³/mol. The molecule has 1 unspecified atom stereocenters. The van der Waals surface area contributed by atoms with Gasteiger partial charge in [-0.05, 0) is 39.2 Å².